The number of fused-ring (bicyclic) bond motifs is 1. The normalized spacial score (nSPS) is 12.3. The molecular formula is C13H18ClN3O. The van der Waals surface area contributed by atoms with E-state index in [4.69, 9.17) is 16.3 Å². The maximum atomic E-state index is 5.90. The molecule has 0 bridgehead atoms. The Hall–Kier alpha value is -1.13. The minimum absolute atomic E-state index is 0.169. The van der Waals surface area contributed by atoms with E-state index in [0.29, 0.717) is 6.61 Å². The lowest BCUT2D eigenvalue weighted by Crippen LogP contribution is -2.31. The molecule has 2 heterocycles. The standard InChI is InChI=1S/C13H18ClN3O/c1-5-9-7-17(13(2,3)8-18-4)11-10(9)6-15-12(14)16-11/h6-7H,5,8H2,1-4H3. The predicted molar refractivity (Wildman–Crippen MR) is 73.1 cm³/mol. The van der Waals surface area contributed by atoms with Gasteiger partial charge in [-0.3, -0.25) is 0 Å². The number of aryl methyl sites for hydroxylation is 1. The zero-order valence-corrected chi connectivity index (χ0v) is 12.0. The summed E-state index contributed by atoms with van der Waals surface area (Å²) in [6.45, 7) is 6.97. The third-order valence-corrected chi connectivity index (χ3v) is 3.31. The minimum Gasteiger partial charge on any atom is -0.382 e. The van der Waals surface area contributed by atoms with Gasteiger partial charge in [-0.15, -0.1) is 0 Å². The third kappa shape index (κ3) is 2.22. The molecule has 4 nitrogen and oxygen atoms in total. The van der Waals surface area contributed by atoms with Gasteiger partial charge >= 0.3 is 0 Å². The highest BCUT2D eigenvalue weighted by molar-refractivity contribution is 6.28. The molecule has 0 atom stereocenters. The van der Waals surface area contributed by atoms with Crippen molar-refractivity contribution in [1.29, 1.82) is 0 Å². The number of nitrogens with zero attached hydrogens (tertiary/aromatic N) is 3. The van der Waals surface area contributed by atoms with Crippen molar-refractivity contribution in [2.24, 2.45) is 0 Å². The Morgan fingerprint density at radius 3 is 2.78 bits per heavy atom. The number of ether oxygens (including phenoxy) is 1. The number of hydrogen-bond acceptors (Lipinski definition) is 3. The molecule has 98 valence electrons. The Balaban J connectivity index is 2.66. The molecule has 0 aliphatic rings. The van der Waals surface area contributed by atoms with Crippen LogP contribution in [-0.4, -0.2) is 28.3 Å². The summed E-state index contributed by atoms with van der Waals surface area (Å²) < 4.78 is 7.41. The van der Waals surface area contributed by atoms with Crippen LogP contribution in [0.3, 0.4) is 0 Å². The van der Waals surface area contributed by atoms with Gasteiger partial charge in [0.15, 0.2) is 0 Å². The first-order valence-corrected chi connectivity index (χ1v) is 6.39. The van der Waals surface area contributed by atoms with E-state index < -0.39 is 0 Å². The molecule has 18 heavy (non-hydrogen) atoms. The molecule has 2 aromatic rings. The van der Waals surface area contributed by atoms with Crippen molar-refractivity contribution in [1.82, 2.24) is 14.5 Å². The van der Waals surface area contributed by atoms with Crippen LogP contribution in [0.2, 0.25) is 5.28 Å². The Labute approximate surface area is 112 Å². The van der Waals surface area contributed by atoms with Crippen LogP contribution in [0.4, 0.5) is 0 Å². The summed E-state index contributed by atoms with van der Waals surface area (Å²) in [7, 11) is 1.70. The molecule has 2 rings (SSSR count). The van der Waals surface area contributed by atoms with Gasteiger partial charge in [-0.1, -0.05) is 6.92 Å². The van der Waals surface area contributed by atoms with E-state index in [-0.39, 0.29) is 10.8 Å². The lowest BCUT2D eigenvalue weighted by atomic mass is 10.1. The van der Waals surface area contributed by atoms with Gasteiger partial charge in [0.05, 0.1) is 12.1 Å². The molecule has 0 unspecified atom stereocenters. The molecule has 0 saturated heterocycles. The van der Waals surface area contributed by atoms with Crippen LogP contribution in [0, 0.1) is 0 Å². The average Bonchev–Trinajstić information content (AvgIpc) is 2.67. The fourth-order valence-corrected chi connectivity index (χ4v) is 2.34. The monoisotopic (exact) mass is 267 g/mol. The fourth-order valence-electron chi connectivity index (χ4n) is 2.21. The molecular weight excluding hydrogens is 250 g/mol. The Bertz CT molecular complexity index is 563. The molecule has 0 amide bonds. The smallest absolute Gasteiger partial charge is 0.224 e. The van der Waals surface area contributed by atoms with E-state index in [1.54, 1.807) is 13.3 Å². The number of aromatic nitrogens is 3. The van der Waals surface area contributed by atoms with E-state index in [9.17, 15) is 0 Å². The number of halogens is 1. The highest BCUT2D eigenvalue weighted by atomic mass is 35.5. The van der Waals surface area contributed by atoms with Crippen molar-refractivity contribution in [3.05, 3.63) is 23.2 Å². The molecule has 0 saturated carbocycles. The van der Waals surface area contributed by atoms with Crippen molar-refractivity contribution in [2.75, 3.05) is 13.7 Å². The number of hydrogen-bond donors (Lipinski definition) is 0. The van der Waals surface area contributed by atoms with Gasteiger partial charge in [0.1, 0.15) is 5.65 Å². The highest BCUT2D eigenvalue weighted by Gasteiger charge is 2.24. The van der Waals surface area contributed by atoms with Crippen molar-refractivity contribution < 1.29 is 4.74 Å². The van der Waals surface area contributed by atoms with E-state index >= 15 is 0 Å². The average molecular weight is 268 g/mol. The molecule has 0 fully saturated rings. The van der Waals surface area contributed by atoms with Crippen molar-refractivity contribution in [3.8, 4) is 0 Å². The summed E-state index contributed by atoms with van der Waals surface area (Å²) in [5.41, 5.74) is 1.93. The molecule has 0 aliphatic carbocycles. The molecule has 0 radical (unpaired) electrons. The van der Waals surface area contributed by atoms with E-state index in [0.717, 1.165) is 17.5 Å². The molecule has 0 N–H and O–H groups in total. The van der Waals surface area contributed by atoms with Crippen molar-refractivity contribution >= 4 is 22.6 Å². The second-order valence-corrected chi connectivity index (χ2v) is 5.34. The number of rotatable bonds is 4. The second kappa shape index (κ2) is 4.86. The van der Waals surface area contributed by atoms with Crippen LogP contribution < -0.4 is 0 Å². The Morgan fingerprint density at radius 1 is 1.44 bits per heavy atom. The zero-order chi connectivity index (χ0) is 13.3. The summed E-state index contributed by atoms with van der Waals surface area (Å²) >= 11 is 5.90. The third-order valence-electron chi connectivity index (χ3n) is 3.13. The summed E-state index contributed by atoms with van der Waals surface area (Å²) in [5, 5.41) is 1.34. The molecule has 2 aromatic heterocycles. The molecule has 5 heteroatoms. The van der Waals surface area contributed by atoms with Gasteiger partial charge in [-0.2, -0.15) is 4.98 Å². The first-order valence-electron chi connectivity index (χ1n) is 6.01. The SMILES string of the molecule is CCc1cn(C(C)(C)COC)c2nc(Cl)ncc12. The van der Waals surface area contributed by atoms with Gasteiger partial charge in [0.2, 0.25) is 5.28 Å². The maximum Gasteiger partial charge on any atom is 0.224 e. The first kappa shape index (κ1) is 13.3. The molecule has 0 aromatic carbocycles. The van der Waals surface area contributed by atoms with Crippen LogP contribution in [0.25, 0.3) is 11.0 Å². The summed E-state index contributed by atoms with van der Waals surface area (Å²) in [6.07, 6.45) is 4.86. The lowest BCUT2D eigenvalue weighted by molar-refractivity contribution is 0.112. The largest absolute Gasteiger partial charge is 0.382 e. The first-order chi connectivity index (χ1) is 8.49. The van der Waals surface area contributed by atoms with E-state index in [1.165, 1.54) is 5.56 Å². The lowest BCUT2D eigenvalue weighted by Gasteiger charge is -2.26. The van der Waals surface area contributed by atoms with Gasteiger partial charge < -0.3 is 9.30 Å². The van der Waals surface area contributed by atoms with Gasteiger partial charge in [0, 0.05) is 24.9 Å². The van der Waals surface area contributed by atoms with Gasteiger partial charge in [-0.25, -0.2) is 4.98 Å². The van der Waals surface area contributed by atoms with Crippen molar-refractivity contribution in [2.45, 2.75) is 32.7 Å². The van der Waals surface area contributed by atoms with Crippen LogP contribution in [0.1, 0.15) is 26.3 Å². The predicted octanol–water partition coefficient (Wildman–Crippen LogP) is 3.03. The second-order valence-electron chi connectivity index (χ2n) is 5.00. The summed E-state index contributed by atoms with van der Waals surface area (Å²) in [4.78, 5) is 8.42. The molecule has 0 aliphatic heterocycles. The van der Waals surface area contributed by atoms with Crippen LogP contribution in [0.5, 0.6) is 0 Å². The van der Waals surface area contributed by atoms with Crippen molar-refractivity contribution in [3.63, 3.8) is 0 Å². The summed E-state index contributed by atoms with van der Waals surface area (Å²) in [5.74, 6) is 0. The van der Waals surface area contributed by atoms with Crippen LogP contribution in [-0.2, 0) is 16.7 Å². The van der Waals surface area contributed by atoms with E-state index in [2.05, 4.69) is 41.5 Å². The highest BCUT2D eigenvalue weighted by Crippen LogP contribution is 2.27. The topological polar surface area (TPSA) is 39.9 Å². The Morgan fingerprint density at radius 2 is 2.17 bits per heavy atom. The Kier molecular flexibility index (Phi) is 3.59. The zero-order valence-electron chi connectivity index (χ0n) is 11.2. The number of methoxy groups -OCH3 is 1. The molecule has 0 spiro atoms. The van der Waals surface area contributed by atoms with Gasteiger partial charge in [0.25, 0.3) is 0 Å². The van der Waals surface area contributed by atoms with Crippen LogP contribution in [0.15, 0.2) is 12.4 Å². The van der Waals surface area contributed by atoms with Crippen LogP contribution >= 0.6 is 11.6 Å². The van der Waals surface area contributed by atoms with Gasteiger partial charge in [-0.05, 0) is 37.4 Å². The van der Waals surface area contributed by atoms with E-state index in [1.807, 2.05) is 0 Å². The quantitative estimate of drug-likeness (QED) is 0.800. The minimum atomic E-state index is -0.169. The maximum absolute atomic E-state index is 5.90. The summed E-state index contributed by atoms with van der Waals surface area (Å²) in [6, 6.07) is 0. The fraction of sp³-hybridized carbons (Fsp3) is 0.538.